The summed E-state index contributed by atoms with van der Waals surface area (Å²) in [4.78, 5) is 11.6. The minimum atomic E-state index is -0.104. The lowest BCUT2D eigenvalue weighted by atomic mass is 10.2. The highest BCUT2D eigenvalue weighted by Crippen LogP contribution is 2.27. The smallest absolute Gasteiger partial charge is 0.224 e. The summed E-state index contributed by atoms with van der Waals surface area (Å²) in [6, 6.07) is 4.76. The highest BCUT2D eigenvalue weighted by Gasteiger charge is 2.07. The number of phenols is 1. The molecule has 0 aliphatic carbocycles. The Morgan fingerprint density at radius 1 is 1.39 bits per heavy atom. The highest BCUT2D eigenvalue weighted by molar-refractivity contribution is 5.92. The molecule has 0 aliphatic rings. The van der Waals surface area contributed by atoms with Crippen LogP contribution in [-0.4, -0.2) is 24.7 Å². The predicted molar refractivity (Wildman–Crippen MR) is 70.8 cm³/mol. The number of methoxy groups -OCH3 is 1. The van der Waals surface area contributed by atoms with Gasteiger partial charge in [-0.25, -0.2) is 0 Å². The van der Waals surface area contributed by atoms with Crippen molar-refractivity contribution < 1.29 is 14.6 Å². The molecule has 4 N–H and O–H groups in total. The summed E-state index contributed by atoms with van der Waals surface area (Å²) < 4.78 is 4.96. The summed E-state index contributed by atoms with van der Waals surface area (Å²) in [7, 11) is 1.52. The second-order valence-corrected chi connectivity index (χ2v) is 4.03. The largest absolute Gasteiger partial charge is 0.506 e. The van der Waals surface area contributed by atoms with Crippen LogP contribution in [0.5, 0.6) is 11.5 Å². The minimum absolute atomic E-state index is 0.00431. The Morgan fingerprint density at radius 3 is 2.78 bits per heavy atom. The third-order valence-corrected chi connectivity index (χ3v) is 2.59. The number of aromatic hydroxyl groups is 1. The van der Waals surface area contributed by atoms with Gasteiger partial charge in [0.1, 0.15) is 11.5 Å². The van der Waals surface area contributed by atoms with Crippen LogP contribution < -0.4 is 15.8 Å². The summed E-state index contributed by atoms with van der Waals surface area (Å²) in [5.41, 5.74) is 5.77. The Morgan fingerprint density at radius 2 is 2.17 bits per heavy atom. The molecular weight excluding hydrogens is 232 g/mol. The molecular formula is C13H20N2O3. The number of hydrogen-bond acceptors (Lipinski definition) is 4. The van der Waals surface area contributed by atoms with Crippen LogP contribution in [0.25, 0.3) is 0 Å². The van der Waals surface area contributed by atoms with Gasteiger partial charge in [0, 0.05) is 12.5 Å². The maximum absolute atomic E-state index is 11.6. The van der Waals surface area contributed by atoms with E-state index in [4.69, 9.17) is 10.5 Å². The molecule has 0 heterocycles. The second kappa shape index (κ2) is 7.55. The first-order chi connectivity index (χ1) is 8.67. The summed E-state index contributed by atoms with van der Waals surface area (Å²) >= 11 is 0. The fourth-order valence-electron chi connectivity index (χ4n) is 1.56. The van der Waals surface area contributed by atoms with E-state index in [2.05, 4.69) is 5.32 Å². The Labute approximate surface area is 107 Å². The van der Waals surface area contributed by atoms with E-state index < -0.39 is 0 Å². The van der Waals surface area contributed by atoms with Crippen molar-refractivity contribution in [2.24, 2.45) is 5.73 Å². The van der Waals surface area contributed by atoms with Crippen molar-refractivity contribution in [3.63, 3.8) is 0 Å². The Balaban J connectivity index is 2.44. The van der Waals surface area contributed by atoms with E-state index in [9.17, 15) is 9.90 Å². The van der Waals surface area contributed by atoms with Crippen molar-refractivity contribution >= 4 is 11.6 Å². The van der Waals surface area contributed by atoms with Crippen molar-refractivity contribution in [3.05, 3.63) is 18.2 Å². The number of nitrogens with two attached hydrogens (primary N) is 1. The predicted octanol–water partition coefficient (Wildman–Crippen LogP) is 1.86. The van der Waals surface area contributed by atoms with Gasteiger partial charge in [-0.15, -0.1) is 0 Å². The van der Waals surface area contributed by atoms with Crippen LogP contribution in [0.15, 0.2) is 18.2 Å². The number of ether oxygens (including phenoxy) is 1. The van der Waals surface area contributed by atoms with Crippen molar-refractivity contribution in [1.29, 1.82) is 0 Å². The molecule has 0 atom stereocenters. The normalized spacial score (nSPS) is 10.1. The lowest BCUT2D eigenvalue weighted by molar-refractivity contribution is -0.116. The summed E-state index contributed by atoms with van der Waals surface area (Å²) in [6.45, 7) is 0.654. The zero-order valence-electron chi connectivity index (χ0n) is 10.6. The van der Waals surface area contributed by atoms with Crippen molar-refractivity contribution in [2.75, 3.05) is 19.0 Å². The van der Waals surface area contributed by atoms with Gasteiger partial charge in [-0.05, 0) is 31.5 Å². The topological polar surface area (TPSA) is 84.6 Å². The quantitative estimate of drug-likeness (QED) is 0.511. The summed E-state index contributed by atoms with van der Waals surface area (Å²) in [6.07, 6.45) is 3.12. The van der Waals surface area contributed by atoms with E-state index in [0.717, 1.165) is 19.3 Å². The van der Waals surface area contributed by atoms with E-state index in [-0.39, 0.29) is 11.7 Å². The maximum atomic E-state index is 11.6. The fraction of sp³-hybridized carbons (Fsp3) is 0.462. The molecule has 1 aromatic carbocycles. The SMILES string of the molecule is COc1ccc(NC(=O)CCCCCN)c(O)c1. The molecule has 0 aliphatic heterocycles. The van der Waals surface area contributed by atoms with Crippen LogP contribution in [0, 0.1) is 0 Å². The molecule has 0 aromatic heterocycles. The molecule has 0 fully saturated rings. The number of benzene rings is 1. The molecule has 100 valence electrons. The van der Waals surface area contributed by atoms with Gasteiger partial charge in [-0.3, -0.25) is 4.79 Å². The Hall–Kier alpha value is -1.75. The third kappa shape index (κ3) is 4.63. The number of hydrogen-bond donors (Lipinski definition) is 3. The van der Waals surface area contributed by atoms with Crippen LogP contribution in [0.1, 0.15) is 25.7 Å². The number of amides is 1. The first kappa shape index (κ1) is 14.3. The summed E-state index contributed by atoms with van der Waals surface area (Å²) in [5, 5.41) is 12.3. The molecule has 0 saturated heterocycles. The van der Waals surface area contributed by atoms with Gasteiger partial charge >= 0.3 is 0 Å². The Bertz CT molecular complexity index is 394. The van der Waals surface area contributed by atoms with Crippen LogP contribution >= 0.6 is 0 Å². The average Bonchev–Trinajstić information content (AvgIpc) is 2.37. The number of nitrogens with one attached hydrogen (secondary N) is 1. The zero-order valence-corrected chi connectivity index (χ0v) is 10.6. The molecule has 0 spiro atoms. The monoisotopic (exact) mass is 252 g/mol. The number of carbonyl (C=O) groups excluding carboxylic acids is 1. The first-order valence-corrected chi connectivity index (χ1v) is 6.04. The van der Waals surface area contributed by atoms with Crippen molar-refractivity contribution in [2.45, 2.75) is 25.7 Å². The van der Waals surface area contributed by atoms with Gasteiger partial charge in [0.05, 0.1) is 12.8 Å². The van der Waals surface area contributed by atoms with Crippen LogP contribution in [0.2, 0.25) is 0 Å². The maximum Gasteiger partial charge on any atom is 0.224 e. The number of phenolic OH excluding ortho intramolecular Hbond substituents is 1. The van der Waals surface area contributed by atoms with Gasteiger partial charge in [-0.1, -0.05) is 6.42 Å². The molecule has 0 bridgehead atoms. The molecule has 0 unspecified atom stereocenters. The molecule has 1 rings (SSSR count). The number of carbonyl (C=O) groups is 1. The molecule has 0 saturated carbocycles. The lowest BCUT2D eigenvalue weighted by Crippen LogP contribution is -2.11. The van der Waals surface area contributed by atoms with E-state index in [1.54, 1.807) is 12.1 Å². The number of rotatable bonds is 7. The zero-order chi connectivity index (χ0) is 13.4. The van der Waals surface area contributed by atoms with E-state index >= 15 is 0 Å². The first-order valence-electron chi connectivity index (χ1n) is 6.04. The lowest BCUT2D eigenvalue weighted by Gasteiger charge is -2.08. The van der Waals surface area contributed by atoms with Gasteiger partial charge in [0.25, 0.3) is 0 Å². The van der Waals surface area contributed by atoms with Crippen LogP contribution in [0.3, 0.4) is 0 Å². The van der Waals surface area contributed by atoms with Crippen molar-refractivity contribution in [3.8, 4) is 11.5 Å². The third-order valence-electron chi connectivity index (χ3n) is 2.59. The average molecular weight is 252 g/mol. The van der Waals surface area contributed by atoms with E-state index in [1.807, 2.05) is 0 Å². The number of anilines is 1. The van der Waals surface area contributed by atoms with E-state index in [1.165, 1.54) is 13.2 Å². The molecule has 18 heavy (non-hydrogen) atoms. The van der Waals surface area contributed by atoms with Crippen LogP contribution in [-0.2, 0) is 4.79 Å². The van der Waals surface area contributed by atoms with Gasteiger partial charge in [0.2, 0.25) is 5.91 Å². The minimum Gasteiger partial charge on any atom is -0.506 e. The van der Waals surface area contributed by atoms with Crippen molar-refractivity contribution in [1.82, 2.24) is 0 Å². The fourth-order valence-corrected chi connectivity index (χ4v) is 1.56. The van der Waals surface area contributed by atoms with Gasteiger partial charge in [-0.2, -0.15) is 0 Å². The van der Waals surface area contributed by atoms with Gasteiger partial charge < -0.3 is 20.9 Å². The highest BCUT2D eigenvalue weighted by atomic mass is 16.5. The summed E-state index contributed by atoms with van der Waals surface area (Å²) in [5.74, 6) is 0.450. The number of unbranched alkanes of at least 4 members (excludes halogenated alkanes) is 2. The molecule has 5 nitrogen and oxygen atoms in total. The Kier molecular flexibility index (Phi) is 6.00. The molecule has 1 aromatic rings. The standard InChI is InChI=1S/C13H20N2O3/c1-18-10-6-7-11(12(16)9-10)15-13(17)5-3-2-4-8-14/h6-7,9,16H,2-5,8,14H2,1H3,(H,15,17). The second-order valence-electron chi connectivity index (χ2n) is 4.03. The molecule has 0 radical (unpaired) electrons. The van der Waals surface area contributed by atoms with E-state index in [0.29, 0.717) is 24.4 Å². The van der Waals surface area contributed by atoms with Crippen LogP contribution in [0.4, 0.5) is 5.69 Å². The molecule has 5 heteroatoms. The van der Waals surface area contributed by atoms with Gasteiger partial charge in [0.15, 0.2) is 0 Å². The molecule has 1 amide bonds.